The molecule has 1 aromatic rings. The molecular weight excluding hydrogens is 300 g/mol. The first-order chi connectivity index (χ1) is 9.51. The molecule has 0 unspecified atom stereocenters. The van der Waals surface area contributed by atoms with Crippen molar-refractivity contribution in [2.24, 2.45) is 0 Å². The standard InChI is InChI=1S/C12H18N2O4S2/c1-2-18-11(15)7-9-8-19-12(13-9)14-20(16,17)10-5-3-4-6-10/h8,10H,2-7H2,1H3,(H,13,14). The third-order valence-electron chi connectivity index (χ3n) is 3.15. The molecule has 1 N–H and O–H groups in total. The normalized spacial score (nSPS) is 16.2. The first kappa shape index (κ1) is 15.2. The van der Waals surface area contributed by atoms with Crippen LogP contribution in [0.1, 0.15) is 38.3 Å². The molecule has 0 saturated heterocycles. The van der Waals surface area contributed by atoms with Gasteiger partial charge in [0.2, 0.25) is 10.0 Å². The first-order valence-corrected chi connectivity index (χ1v) is 9.05. The number of carbonyl (C=O) groups is 1. The largest absolute Gasteiger partial charge is 0.466 e. The summed E-state index contributed by atoms with van der Waals surface area (Å²) in [4.78, 5) is 15.4. The van der Waals surface area contributed by atoms with Gasteiger partial charge in [-0.2, -0.15) is 0 Å². The van der Waals surface area contributed by atoms with Crippen molar-refractivity contribution in [3.8, 4) is 0 Å². The van der Waals surface area contributed by atoms with E-state index in [1.54, 1.807) is 12.3 Å². The molecule has 8 heteroatoms. The Morgan fingerprint density at radius 2 is 2.20 bits per heavy atom. The summed E-state index contributed by atoms with van der Waals surface area (Å²) in [5.74, 6) is -0.358. The predicted octanol–water partition coefficient (Wildman–Crippen LogP) is 1.93. The van der Waals surface area contributed by atoms with E-state index in [1.807, 2.05) is 0 Å². The van der Waals surface area contributed by atoms with E-state index in [0.29, 0.717) is 30.3 Å². The molecule has 1 fully saturated rings. The number of nitrogens with one attached hydrogen (secondary N) is 1. The fourth-order valence-electron chi connectivity index (χ4n) is 2.20. The van der Waals surface area contributed by atoms with Gasteiger partial charge in [-0.1, -0.05) is 12.8 Å². The van der Waals surface area contributed by atoms with Gasteiger partial charge in [-0.25, -0.2) is 13.4 Å². The molecule has 0 amide bonds. The lowest BCUT2D eigenvalue weighted by molar-refractivity contribution is -0.142. The molecule has 2 rings (SSSR count). The summed E-state index contributed by atoms with van der Waals surface area (Å²) < 4.78 is 31.5. The van der Waals surface area contributed by atoms with Crippen LogP contribution >= 0.6 is 11.3 Å². The van der Waals surface area contributed by atoms with Crippen LogP contribution in [0, 0.1) is 0 Å². The minimum absolute atomic E-state index is 0.0650. The molecule has 0 aromatic carbocycles. The monoisotopic (exact) mass is 318 g/mol. The zero-order valence-electron chi connectivity index (χ0n) is 11.3. The zero-order valence-corrected chi connectivity index (χ0v) is 12.9. The van der Waals surface area contributed by atoms with Crippen molar-refractivity contribution >= 4 is 32.5 Å². The van der Waals surface area contributed by atoms with Crippen molar-refractivity contribution in [3.63, 3.8) is 0 Å². The summed E-state index contributed by atoms with van der Waals surface area (Å²) in [5, 5.41) is 1.67. The van der Waals surface area contributed by atoms with Gasteiger partial charge in [-0.15, -0.1) is 11.3 Å². The Labute approximate surface area is 122 Å². The number of sulfonamides is 1. The maximum absolute atomic E-state index is 12.1. The molecule has 0 radical (unpaired) electrons. The summed E-state index contributed by atoms with van der Waals surface area (Å²) in [6.45, 7) is 2.06. The summed E-state index contributed by atoms with van der Waals surface area (Å²) in [6.07, 6.45) is 3.39. The topological polar surface area (TPSA) is 85.4 Å². The average Bonchev–Trinajstić information content (AvgIpc) is 3.00. The molecule has 1 saturated carbocycles. The van der Waals surface area contributed by atoms with Gasteiger partial charge in [0.25, 0.3) is 0 Å². The Hall–Kier alpha value is -1.15. The summed E-state index contributed by atoms with van der Waals surface area (Å²) in [7, 11) is -3.36. The highest BCUT2D eigenvalue weighted by atomic mass is 32.2. The fourth-order valence-corrected chi connectivity index (χ4v) is 4.70. The Morgan fingerprint density at radius 1 is 1.50 bits per heavy atom. The molecule has 0 atom stereocenters. The lowest BCUT2D eigenvalue weighted by Gasteiger charge is -2.10. The van der Waals surface area contributed by atoms with Crippen LogP contribution < -0.4 is 4.72 Å². The van der Waals surface area contributed by atoms with Crippen molar-refractivity contribution in [1.29, 1.82) is 0 Å². The second-order valence-electron chi connectivity index (χ2n) is 4.68. The van der Waals surface area contributed by atoms with Crippen LogP contribution in [-0.4, -0.2) is 31.2 Å². The van der Waals surface area contributed by atoms with Crippen LogP contribution in [0.5, 0.6) is 0 Å². The van der Waals surface area contributed by atoms with E-state index in [2.05, 4.69) is 9.71 Å². The van der Waals surface area contributed by atoms with E-state index in [4.69, 9.17) is 4.74 Å². The van der Waals surface area contributed by atoms with Crippen molar-refractivity contribution < 1.29 is 17.9 Å². The maximum atomic E-state index is 12.1. The van der Waals surface area contributed by atoms with E-state index in [9.17, 15) is 13.2 Å². The average molecular weight is 318 g/mol. The number of thiazole rings is 1. The van der Waals surface area contributed by atoms with Crippen LogP contribution in [0.25, 0.3) is 0 Å². The number of esters is 1. The Balaban J connectivity index is 1.97. The van der Waals surface area contributed by atoms with Crippen molar-refractivity contribution in [2.75, 3.05) is 11.3 Å². The van der Waals surface area contributed by atoms with Gasteiger partial charge >= 0.3 is 5.97 Å². The second-order valence-corrected chi connectivity index (χ2v) is 7.50. The minimum Gasteiger partial charge on any atom is -0.466 e. The highest BCUT2D eigenvalue weighted by molar-refractivity contribution is 7.93. The van der Waals surface area contributed by atoms with Crippen LogP contribution in [0.15, 0.2) is 5.38 Å². The number of ether oxygens (including phenoxy) is 1. The van der Waals surface area contributed by atoms with E-state index in [0.717, 1.165) is 12.8 Å². The van der Waals surface area contributed by atoms with Gasteiger partial charge in [0.1, 0.15) is 0 Å². The van der Waals surface area contributed by atoms with Gasteiger partial charge in [0.15, 0.2) is 5.13 Å². The number of hydrogen-bond donors (Lipinski definition) is 1. The number of anilines is 1. The van der Waals surface area contributed by atoms with Crippen LogP contribution in [0.3, 0.4) is 0 Å². The molecule has 112 valence electrons. The third-order valence-corrected chi connectivity index (χ3v) is 5.92. The van der Waals surface area contributed by atoms with E-state index in [-0.39, 0.29) is 17.6 Å². The van der Waals surface area contributed by atoms with Crippen LogP contribution in [-0.2, 0) is 26.0 Å². The number of aromatic nitrogens is 1. The molecule has 0 spiro atoms. The van der Waals surface area contributed by atoms with Crippen LogP contribution in [0.2, 0.25) is 0 Å². The zero-order chi connectivity index (χ0) is 14.6. The maximum Gasteiger partial charge on any atom is 0.311 e. The lowest BCUT2D eigenvalue weighted by Crippen LogP contribution is -2.25. The summed E-state index contributed by atoms with van der Waals surface area (Å²) >= 11 is 1.19. The van der Waals surface area contributed by atoms with Gasteiger partial charge in [-0.3, -0.25) is 9.52 Å². The van der Waals surface area contributed by atoms with Gasteiger partial charge < -0.3 is 4.74 Å². The van der Waals surface area contributed by atoms with Crippen molar-refractivity contribution in [3.05, 3.63) is 11.1 Å². The molecule has 1 aliphatic rings. The van der Waals surface area contributed by atoms with Crippen molar-refractivity contribution in [2.45, 2.75) is 44.3 Å². The number of nitrogens with zero attached hydrogens (tertiary/aromatic N) is 1. The number of carbonyl (C=O) groups excluding carboxylic acids is 1. The second kappa shape index (κ2) is 6.53. The number of hydrogen-bond acceptors (Lipinski definition) is 6. The minimum atomic E-state index is -3.36. The first-order valence-electron chi connectivity index (χ1n) is 6.63. The molecular formula is C12H18N2O4S2. The summed E-state index contributed by atoms with van der Waals surface area (Å²) in [6, 6.07) is 0. The molecule has 1 aliphatic carbocycles. The van der Waals surface area contributed by atoms with Crippen LogP contribution in [0.4, 0.5) is 5.13 Å². The SMILES string of the molecule is CCOC(=O)Cc1csc(NS(=O)(=O)C2CCCC2)n1. The number of rotatable bonds is 6. The molecule has 20 heavy (non-hydrogen) atoms. The van der Waals surface area contributed by atoms with Gasteiger partial charge in [0, 0.05) is 5.38 Å². The highest BCUT2D eigenvalue weighted by Gasteiger charge is 2.29. The van der Waals surface area contributed by atoms with E-state index in [1.165, 1.54) is 11.3 Å². The van der Waals surface area contributed by atoms with E-state index < -0.39 is 10.0 Å². The van der Waals surface area contributed by atoms with E-state index >= 15 is 0 Å². The fraction of sp³-hybridized carbons (Fsp3) is 0.667. The van der Waals surface area contributed by atoms with Gasteiger partial charge in [-0.05, 0) is 19.8 Å². The lowest BCUT2D eigenvalue weighted by atomic mass is 10.3. The predicted molar refractivity (Wildman–Crippen MR) is 77.2 cm³/mol. The Morgan fingerprint density at radius 3 is 2.85 bits per heavy atom. The smallest absolute Gasteiger partial charge is 0.311 e. The molecule has 0 aliphatic heterocycles. The van der Waals surface area contributed by atoms with Crippen molar-refractivity contribution in [1.82, 2.24) is 4.98 Å². The Bertz CT molecular complexity index is 562. The molecule has 1 heterocycles. The Kier molecular flexibility index (Phi) is 4.98. The third kappa shape index (κ3) is 3.92. The summed E-state index contributed by atoms with van der Waals surface area (Å²) in [5.41, 5.74) is 0.526. The molecule has 6 nitrogen and oxygen atoms in total. The van der Waals surface area contributed by atoms with Gasteiger partial charge in [0.05, 0.1) is 24.0 Å². The quantitative estimate of drug-likeness (QED) is 0.810. The highest BCUT2D eigenvalue weighted by Crippen LogP contribution is 2.27. The molecule has 1 aromatic heterocycles. The molecule has 0 bridgehead atoms.